The zero-order valence-corrected chi connectivity index (χ0v) is 13.4. The molecule has 0 aromatic heterocycles. The summed E-state index contributed by atoms with van der Waals surface area (Å²) in [4.78, 5) is 2.54. The van der Waals surface area contributed by atoms with Crippen LogP contribution in [-0.2, 0) is 0 Å². The fourth-order valence-corrected chi connectivity index (χ4v) is 4.45. The molecule has 2 rings (SSSR count). The summed E-state index contributed by atoms with van der Waals surface area (Å²) in [6, 6.07) is 8.86. The Morgan fingerprint density at radius 1 is 1.39 bits per heavy atom. The van der Waals surface area contributed by atoms with Gasteiger partial charge in [0.1, 0.15) is 0 Å². The summed E-state index contributed by atoms with van der Waals surface area (Å²) in [5.74, 6) is 0. The molecule has 3 unspecified atom stereocenters. The fraction of sp³-hybridized carbons (Fsp3) is 0.571. The van der Waals surface area contributed by atoms with E-state index < -0.39 is 0 Å². The minimum atomic E-state index is 0.341. The number of nitrogens with two attached hydrogens (primary N) is 1. The normalized spacial score (nSPS) is 27.1. The molecule has 0 aliphatic carbocycles. The summed E-state index contributed by atoms with van der Waals surface area (Å²) in [6.45, 7) is 7.55. The second-order valence-electron chi connectivity index (χ2n) is 5.02. The SMILES string of the molecule is CC1CN(C(CN)c2cccc(Br)c2)CC(C)S1. The number of thioether (sulfide) groups is 1. The van der Waals surface area contributed by atoms with E-state index in [4.69, 9.17) is 5.73 Å². The number of nitrogens with zero attached hydrogens (tertiary/aromatic N) is 1. The van der Waals surface area contributed by atoms with Gasteiger partial charge in [0.25, 0.3) is 0 Å². The second-order valence-corrected chi connectivity index (χ2v) is 7.82. The zero-order valence-electron chi connectivity index (χ0n) is 11.0. The fourth-order valence-electron chi connectivity index (χ4n) is 2.68. The van der Waals surface area contributed by atoms with Crippen molar-refractivity contribution in [1.29, 1.82) is 0 Å². The predicted molar refractivity (Wildman–Crippen MR) is 84.0 cm³/mol. The van der Waals surface area contributed by atoms with Crippen LogP contribution in [0.3, 0.4) is 0 Å². The van der Waals surface area contributed by atoms with Gasteiger partial charge in [0, 0.05) is 40.6 Å². The van der Waals surface area contributed by atoms with Crippen LogP contribution >= 0.6 is 27.7 Å². The van der Waals surface area contributed by atoms with Crippen LogP contribution in [0, 0.1) is 0 Å². The number of hydrogen-bond donors (Lipinski definition) is 1. The Hall–Kier alpha value is -0.0300. The summed E-state index contributed by atoms with van der Waals surface area (Å²) < 4.78 is 1.13. The molecule has 1 aromatic rings. The molecule has 0 amide bonds. The molecule has 1 fully saturated rings. The average molecular weight is 329 g/mol. The van der Waals surface area contributed by atoms with Gasteiger partial charge < -0.3 is 5.73 Å². The molecule has 0 radical (unpaired) electrons. The van der Waals surface area contributed by atoms with E-state index in [1.165, 1.54) is 5.56 Å². The highest BCUT2D eigenvalue weighted by molar-refractivity contribution is 9.10. The van der Waals surface area contributed by atoms with Gasteiger partial charge in [-0.15, -0.1) is 0 Å². The maximum Gasteiger partial charge on any atom is 0.0471 e. The van der Waals surface area contributed by atoms with Crippen LogP contribution in [0.25, 0.3) is 0 Å². The first-order valence-electron chi connectivity index (χ1n) is 6.45. The van der Waals surface area contributed by atoms with Gasteiger partial charge >= 0.3 is 0 Å². The van der Waals surface area contributed by atoms with Crippen LogP contribution in [0.5, 0.6) is 0 Å². The van der Waals surface area contributed by atoms with Crippen LogP contribution < -0.4 is 5.73 Å². The third-order valence-electron chi connectivity index (χ3n) is 3.35. The van der Waals surface area contributed by atoms with Crippen molar-refractivity contribution in [3.05, 3.63) is 34.3 Å². The minimum Gasteiger partial charge on any atom is -0.329 e. The van der Waals surface area contributed by atoms with E-state index in [0.29, 0.717) is 23.1 Å². The minimum absolute atomic E-state index is 0.341. The molecule has 1 heterocycles. The lowest BCUT2D eigenvalue weighted by Crippen LogP contribution is -2.44. The average Bonchev–Trinajstić information content (AvgIpc) is 2.28. The van der Waals surface area contributed by atoms with Crippen molar-refractivity contribution in [2.45, 2.75) is 30.4 Å². The van der Waals surface area contributed by atoms with Crippen molar-refractivity contribution in [3.63, 3.8) is 0 Å². The highest BCUT2D eigenvalue weighted by Gasteiger charge is 2.28. The van der Waals surface area contributed by atoms with Crippen molar-refractivity contribution in [2.75, 3.05) is 19.6 Å². The molecule has 1 saturated heterocycles. The lowest BCUT2D eigenvalue weighted by Gasteiger charge is -2.39. The molecule has 1 aromatic carbocycles. The first-order chi connectivity index (χ1) is 8.60. The monoisotopic (exact) mass is 328 g/mol. The number of benzene rings is 1. The van der Waals surface area contributed by atoms with Crippen LogP contribution in [0.15, 0.2) is 28.7 Å². The Morgan fingerprint density at radius 3 is 2.61 bits per heavy atom. The van der Waals surface area contributed by atoms with E-state index in [2.05, 4.69) is 70.7 Å². The van der Waals surface area contributed by atoms with Gasteiger partial charge in [0.05, 0.1) is 0 Å². The molecule has 2 nitrogen and oxygen atoms in total. The van der Waals surface area contributed by atoms with E-state index in [9.17, 15) is 0 Å². The van der Waals surface area contributed by atoms with Crippen molar-refractivity contribution < 1.29 is 0 Å². The van der Waals surface area contributed by atoms with Crippen LogP contribution in [0.4, 0.5) is 0 Å². The number of rotatable bonds is 3. The van der Waals surface area contributed by atoms with Gasteiger partial charge in [0.15, 0.2) is 0 Å². The van der Waals surface area contributed by atoms with Crippen molar-refractivity contribution in [2.24, 2.45) is 5.73 Å². The molecule has 4 heteroatoms. The highest BCUT2D eigenvalue weighted by Crippen LogP contribution is 2.31. The summed E-state index contributed by atoms with van der Waals surface area (Å²) in [5, 5.41) is 1.38. The summed E-state index contributed by atoms with van der Waals surface area (Å²) in [6.07, 6.45) is 0. The molecule has 0 spiro atoms. The number of hydrogen-bond acceptors (Lipinski definition) is 3. The van der Waals surface area contributed by atoms with E-state index in [1.54, 1.807) is 0 Å². The lowest BCUT2D eigenvalue weighted by atomic mass is 10.0. The Kier molecular flexibility index (Phi) is 5.13. The van der Waals surface area contributed by atoms with Crippen molar-refractivity contribution >= 4 is 27.7 Å². The Morgan fingerprint density at radius 2 is 2.06 bits per heavy atom. The summed E-state index contributed by atoms with van der Waals surface area (Å²) in [5.41, 5.74) is 7.33. The summed E-state index contributed by atoms with van der Waals surface area (Å²) >= 11 is 5.62. The molecule has 3 atom stereocenters. The quantitative estimate of drug-likeness (QED) is 0.923. The van der Waals surface area contributed by atoms with E-state index in [0.717, 1.165) is 17.6 Å². The van der Waals surface area contributed by atoms with Gasteiger partial charge in [-0.1, -0.05) is 41.9 Å². The molecule has 0 bridgehead atoms. The predicted octanol–water partition coefficient (Wildman–Crippen LogP) is 3.27. The van der Waals surface area contributed by atoms with Gasteiger partial charge in [-0.3, -0.25) is 4.90 Å². The molecule has 18 heavy (non-hydrogen) atoms. The standard InChI is InChI=1S/C14H21BrN2S/c1-10-8-17(9-11(2)18-10)14(7-16)12-4-3-5-13(15)6-12/h3-6,10-11,14H,7-9,16H2,1-2H3. The topological polar surface area (TPSA) is 29.3 Å². The lowest BCUT2D eigenvalue weighted by molar-refractivity contribution is 0.199. The van der Waals surface area contributed by atoms with Gasteiger partial charge in [-0.05, 0) is 17.7 Å². The smallest absolute Gasteiger partial charge is 0.0471 e. The molecule has 1 aliphatic heterocycles. The largest absolute Gasteiger partial charge is 0.329 e. The molecular formula is C14H21BrN2S. The third-order valence-corrected chi connectivity index (χ3v) is 5.07. The van der Waals surface area contributed by atoms with Crippen molar-refractivity contribution in [1.82, 2.24) is 4.90 Å². The van der Waals surface area contributed by atoms with E-state index >= 15 is 0 Å². The molecular weight excluding hydrogens is 308 g/mol. The van der Waals surface area contributed by atoms with Crippen LogP contribution in [0.1, 0.15) is 25.5 Å². The highest BCUT2D eigenvalue weighted by atomic mass is 79.9. The Labute approximate surface area is 122 Å². The van der Waals surface area contributed by atoms with Crippen LogP contribution in [-0.4, -0.2) is 35.0 Å². The van der Waals surface area contributed by atoms with Crippen LogP contribution in [0.2, 0.25) is 0 Å². The van der Waals surface area contributed by atoms with Gasteiger partial charge in [-0.2, -0.15) is 11.8 Å². The Bertz CT molecular complexity index is 389. The maximum atomic E-state index is 6.01. The molecule has 100 valence electrons. The van der Waals surface area contributed by atoms with Gasteiger partial charge in [-0.25, -0.2) is 0 Å². The molecule has 0 saturated carbocycles. The van der Waals surface area contributed by atoms with Crippen molar-refractivity contribution in [3.8, 4) is 0 Å². The molecule has 2 N–H and O–H groups in total. The summed E-state index contributed by atoms with van der Waals surface area (Å²) in [7, 11) is 0. The molecule has 1 aliphatic rings. The van der Waals surface area contributed by atoms with E-state index in [-0.39, 0.29) is 0 Å². The second kappa shape index (κ2) is 6.42. The Balaban J connectivity index is 2.17. The maximum absolute atomic E-state index is 6.01. The third kappa shape index (κ3) is 3.50. The number of halogens is 1. The zero-order chi connectivity index (χ0) is 13.1. The first-order valence-corrected chi connectivity index (χ1v) is 8.18. The van der Waals surface area contributed by atoms with E-state index in [1.807, 2.05) is 0 Å². The van der Waals surface area contributed by atoms with Gasteiger partial charge in [0.2, 0.25) is 0 Å². The first kappa shape index (κ1) is 14.4.